The largest absolute Gasteiger partial charge is 0.497 e. The Morgan fingerprint density at radius 2 is 2.10 bits per heavy atom. The van der Waals surface area contributed by atoms with Gasteiger partial charge in [0, 0.05) is 6.61 Å². The Morgan fingerprint density at radius 1 is 1.40 bits per heavy atom. The summed E-state index contributed by atoms with van der Waals surface area (Å²) < 4.78 is 10.2. The first-order valence-corrected chi connectivity index (χ1v) is 6.36. The fourth-order valence-corrected chi connectivity index (χ4v) is 2.09. The van der Waals surface area contributed by atoms with Gasteiger partial charge in [0.1, 0.15) is 5.75 Å². The molecule has 0 bridgehead atoms. The van der Waals surface area contributed by atoms with E-state index >= 15 is 0 Å². The van der Waals surface area contributed by atoms with Gasteiger partial charge < -0.3 is 19.9 Å². The molecule has 0 saturated carbocycles. The summed E-state index contributed by atoms with van der Waals surface area (Å²) in [5, 5.41) is 11.8. The van der Waals surface area contributed by atoms with Crippen molar-refractivity contribution < 1.29 is 24.2 Å². The van der Waals surface area contributed by atoms with Crippen LogP contribution in [0.3, 0.4) is 0 Å². The Morgan fingerprint density at radius 3 is 2.60 bits per heavy atom. The zero-order valence-electron chi connectivity index (χ0n) is 11.2. The molecular formula is C14H17NO5. The van der Waals surface area contributed by atoms with Gasteiger partial charge in [-0.1, -0.05) is 12.1 Å². The average molecular weight is 279 g/mol. The van der Waals surface area contributed by atoms with Gasteiger partial charge in [0.25, 0.3) is 0 Å². The predicted molar refractivity (Wildman–Crippen MR) is 70.4 cm³/mol. The second-order valence-corrected chi connectivity index (χ2v) is 4.61. The molecule has 1 aliphatic rings. The van der Waals surface area contributed by atoms with Gasteiger partial charge in [-0.2, -0.15) is 0 Å². The molecule has 1 fully saturated rings. The van der Waals surface area contributed by atoms with Gasteiger partial charge in [0.15, 0.2) is 6.04 Å². The summed E-state index contributed by atoms with van der Waals surface area (Å²) in [5.74, 6) is -1.02. The van der Waals surface area contributed by atoms with Gasteiger partial charge in [-0.25, -0.2) is 4.79 Å². The minimum Gasteiger partial charge on any atom is -0.497 e. The number of hydrogen-bond acceptors (Lipinski definition) is 4. The number of nitrogens with one attached hydrogen (secondary N) is 1. The zero-order chi connectivity index (χ0) is 14.5. The molecule has 1 amide bonds. The maximum atomic E-state index is 12.0. The second kappa shape index (κ2) is 6.38. The van der Waals surface area contributed by atoms with Crippen LogP contribution < -0.4 is 10.1 Å². The standard InChI is InChI=1S/C14H17NO5/c1-19-11-4-2-9(3-5-11)12(14(17)18)15-13(16)10-6-7-20-8-10/h2-5,10,12H,6-8H2,1H3,(H,15,16)(H,17,18). The third-order valence-electron chi connectivity index (χ3n) is 3.28. The van der Waals surface area contributed by atoms with E-state index in [0.717, 1.165) is 0 Å². The molecule has 1 heterocycles. The zero-order valence-corrected chi connectivity index (χ0v) is 11.2. The lowest BCUT2D eigenvalue weighted by atomic mass is 10.0. The van der Waals surface area contributed by atoms with E-state index in [9.17, 15) is 14.7 Å². The van der Waals surface area contributed by atoms with E-state index in [1.165, 1.54) is 7.11 Å². The number of carboxylic acids is 1. The van der Waals surface area contributed by atoms with Crippen molar-refractivity contribution in [1.82, 2.24) is 5.32 Å². The van der Waals surface area contributed by atoms with Crippen LogP contribution in [0.2, 0.25) is 0 Å². The van der Waals surface area contributed by atoms with E-state index in [4.69, 9.17) is 9.47 Å². The monoisotopic (exact) mass is 279 g/mol. The SMILES string of the molecule is COc1ccc(C(NC(=O)C2CCOC2)C(=O)O)cc1. The average Bonchev–Trinajstić information content (AvgIpc) is 2.98. The molecular weight excluding hydrogens is 262 g/mol. The number of aliphatic carboxylic acids is 1. The van der Waals surface area contributed by atoms with Crippen molar-refractivity contribution in [3.8, 4) is 5.75 Å². The summed E-state index contributed by atoms with van der Waals surface area (Å²) in [6, 6.07) is 5.52. The van der Waals surface area contributed by atoms with Crippen molar-refractivity contribution in [2.45, 2.75) is 12.5 Å². The molecule has 0 spiro atoms. The Hall–Kier alpha value is -2.08. The minimum atomic E-state index is -1.09. The van der Waals surface area contributed by atoms with Gasteiger partial charge in [-0.3, -0.25) is 4.79 Å². The highest BCUT2D eigenvalue weighted by Gasteiger charge is 2.28. The lowest BCUT2D eigenvalue weighted by Crippen LogP contribution is -2.37. The van der Waals surface area contributed by atoms with Crippen LogP contribution in [0.25, 0.3) is 0 Å². The van der Waals surface area contributed by atoms with Gasteiger partial charge in [0.05, 0.1) is 19.6 Å². The molecule has 1 aliphatic heterocycles. The maximum absolute atomic E-state index is 12.0. The second-order valence-electron chi connectivity index (χ2n) is 4.61. The van der Waals surface area contributed by atoms with Crippen molar-refractivity contribution in [2.75, 3.05) is 20.3 Å². The third-order valence-corrected chi connectivity index (χ3v) is 3.28. The molecule has 2 rings (SSSR count). The fraction of sp³-hybridized carbons (Fsp3) is 0.429. The Balaban J connectivity index is 2.09. The number of carbonyl (C=O) groups excluding carboxylic acids is 1. The van der Waals surface area contributed by atoms with Gasteiger partial charge in [-0.05, 0) is 24.1 Å². The molecule has 1 aromatic carbocycles. The van der Waals surface area contributed by atoms with Crippen LogP contribution in [0.15, 0.2) is 24.3 Å². The summed E-state index contributed by atoms with van der Waals surface area (Å²) in [4.78, 5) is 23.3. The predicted octanol–water partition coefficient (Wildman–Crippen LogP) is 0.974. The molecule has 0 aliphatic carbocycles. The molecule has 1 saturated heterocycles. The summed E-state index contributed by atoms with van der Waals surface area (Å²) in [6.07, 6.45) is 0.626. The third kappa shape index (κ3) is 3.27. The van der Waals surface area contributed by atoms with E-state index in [1.54, 1.807) is 24.3 Å². The number of rotatable bonds is 5. The summed E-state index contributed by atoms with van der Waals surface area (Å²) >= 11 is 0. The van der Waals surface area contributed by atoms with Crippen molar-refractivity contribution in [3.63, 3.8) is 0 Å². The van der Waals surface area contributed by atoms with Crippen molar-refractivity contribution in [2.24, 2.45) is 5.92 Å². The molecule has 20 heavy (non-hydrogen) atoms. The number of methoxy groups -OCH3 is 1. The first-order chi connectivity index (χ1) is 9.61. The summed E-state index contributed by atoms with van der Waals surface area (Å²) in [6.45, 7) is 0.888. The first kappa shape index (κ1) is 14.3. The molecule has 2 N–H and O–H groups in total. The molecule has 2 atom stereocenters. The first-order valence-electron chi connectivity index (χ1n) is 6.36. The lowest BCUT2D eigenvalue weighted by Gasteiger charge is -2.17. The number of carbonyl (C=O) groups is 2. The summed E-state index contributed by atoms with van der Waals surface area (Å²) in [7, 11) is 1.53. The van der Waals surface area contributed by atoms with Crippen LogP contribution in [0, 0.1) is 5.92 Å². The van der Waals surface area contributed by atoms with Crippen LogP contribution in [0.4, 0.5) is 0 Å². The summed E-state index contributed by atoms with van der Waals surface area (Å²) in [5.41, 5.74) is 0.505. The van der Waals surface area contributed by atoms with E-state index in [1.807, 2.05) is 0 Å². The maximum Gasteiger partial charge on any atom is 0.330 e. The van der Waals surface area contributed by atoms with E-state index in [2.05, 4.69) is 5.32 Å². The number of ether oxygens (including phenoxy) is 2. The van der Waals surface area contributed by atoms with Crippen molar-refractivity contribution in [3.05, 3.63) is 29.8 Å². The molecule has 2 unspecified atom stereocenters. The lowest BCUT2D eigenvalue weighted by molar-refractivity contribution is -0.142. The van der Waals surface area contributed by atoms with Crippen LogP contribution in [0.1, 0.15) is 18.0 Å². The molecule has 6 heteroatoms. The number of hydrogen-bond donors (Lipinski definition) is 2. The molecule has 1 aromatic rings. The Labute approximate surface area is 116 Å². The van der Waals surface area contributed by atoms with Gasteiger partial charge >= 0.3 is 5.97 Å². The molecule has 0 radical (unpaired) electrons. The van der Waals surface area contributed by atoms with Gasteiger partial charge in [-0.15, -0.1) is 0 Å². The number of carboxylic acid groups (broad SMARTS) is 1. The normalized spacial score (nSPS) is 19.4. The van der Waals surface area contributed by atoms with Gasteiger partial charge in [0.2, 0.25) is 5.91 Å². The Bertz CT molecular complexity index is 479. The quantitative estimate of drug-likeness (QED) is 0.839. The van der Waals surface area contributed by atoms with Crippen LogP contribution in [-0.4, -0.2) is 37.3 Å². The van der Waals surface area contributed by atoms with Crippen molar-refractivity contribution in [1.29, 1.82) is 0 Å². The highest BCUT2D eigenvalue weighted by atomic mass is 16.5. The highest BCUT2D eigenvalue weighted by Crippen LogP contribution is 2.20. The van der Waals surface area contributed by atoms with Crippen LogP contribution in [0.5, 0.6) is 5.75 Å². The molecule has 0 aromatic heterocycles. The smallest absolute Gasteiger partial charge is 0.330 e. The molecule has 108 valence electrons. The topological polar surface area (TPSA) is 84.9 Å². The van der Waals surface area contributed by atoms with E-state index in [-0.39, 0.29) is 11.8 Å². The Kier molecular flexibility index (Phi) is 4.57. The fourth-order valence-electron chi connectivity index (χ4n) is 2.09. The van der Waals surface area contributed by atoms with E-state index < -0.39 is 12.0 Å². The highest BCUT2D eigenvalue weighted by molar-refractivity contribution is 5.86. The van der Waals surface area contributed by atoms with Crippen molar-refractivity contribution >= 4 is 11.9 Å². The molecule has 6 nitrogen and oxygen atoms in total. The number of amides is 1. The minimum absolute atomic E-state index is 0.268. The van der Waals surface area contributed by atoms with Crippen LogP contribution >= 0.6 is 0 Å². The number of benzene rings is 1. The van der Waals surface area contributed by atoms with E-state index in [0.29, 0.717) is 30.9 Å². The van der Waals surface area contributed by atoms with Crippen LogP contribution in [-0.2, 0) is 14.3 Å².